The Kier molecular flexibility index (Phi) is 8.17. The molecule has 2 heterocycles. The van der Waals surface area contributed by atoms with E-state index in [9.17, 15) is 0 Å². The molecule has 3 nitrogen and oxygen atoms in total. The maximum absolute atomic E-state index is 2.41. The fourth-order valence-corrected chi connectivity index (χ4v) is 9.54. The van der Waals surface area contributed by atoms with E-state index in [2.05, 4.69) is 251 Å². The molecule has 2 aromatic heterocycles. The van der Waals surface area contributed by atoms with Crippen molar-refractivity contribution in [3.05, 3.63) is 237 Å². The number of fused-ring (bicyclic) bond motifs is 7. The number of hydrogen-bond acceptors (Lipinski definition) is 1. The van der Waals surface area contributed by atoms with Crippen LogP contribution in [-0.4, -0.2) is 9.13 Å². The summed E-state index contributed by atoms with van der Waals surface area (Å²) in [4.78, 5) is 2.41. The molecule has 0 radical (unpaired) electrons. The van der Waals surface area contributed by atoms with E-state index in [-0.39, 0.29) is 0 Å². The zero-order chi connectivity index (χ0) is 40.3. The van der Waals surface area contributed by atoms with Crippen LogP contribution in [0.4, 0.5) is 17.1 Å². The summed E-state index contributed by atoms with van der Waals surface area (Å²) in [5.41, 5.74) is 15.2. The maximum Gasteiger partial charge on any atom is 0.0541 e. The first-order valence-corrected chi connectivity index (χ1v) is 20.9. The van der Waals surface area contributed by atoms with Crippen LogP contribution in [-0.2, 0) is 0 Å². The number of benzene rings is 10. The van der Waals surface area contributed by atoms with Gasteiger partial charge in [0, 0.05) is 49.7 Å². The standard InChI is InChI=1S/C58H39N3/c1-3-15-40(16-4-1)41-27-30-44(31-28-41)59(45-32-34-46(35-33-45)61-54-24-12-9-21-50(54)51-22-10-13-25-55(51)61)57-38-36-47(48-19-7-8-20-49(48)57)42-29-37-58-53(39-42)52-23-11-14-26-56(52)60(58)43-17-5-2-6-18-43/h1-39H. The Morgan fingerprint density at radius 2 is 0.689 bits per heavy atom. The van der Waals surface area contributed by atoms with Crippen molar-refractivity contribution in [3.63, 3.8) is 0 Å². The lowest BCUT2D eigenvalue weighted by molar-refractivity contribution is 1.17. The van der Waals surface area contributed by atoms with Crippen LogP contribution in [0, 0.1) is 0 Å². The van der Waals surface area contributed by atoms with Gasteiger partial charge in [0.15, 0.2) is 0 Å². The van der Waals surface area contributed by atoms with Gasteiger partial charge in [-0.2, -0.15) is 0 Å². The molecule has 0 aliphatic carbocycles. The van der Waals surface area contributed by atoms with Gasteiger partial charge in [-0.3, -0.25) is 0 Å². The first-order chi connectivity index (χ1) is 30.3. The SMILES string of the molecule is c1ccc(-c2ccc(N(c3ccc(-n4c5ccccc5c5ccccc54)cc3)c3ccc(-c4ccc5c(c4)c4ccccc4n5-c4ccccc4)c4ccccc34)cc2)cc1. The van der Waals surface area contributed by atoms with E-state index >= 15 is 0 Å². The Morgan fingerprint density at radius 1 is 0.262 bits per heavy atom. The van der Waals surface area contributed by atoms with Gasteiger partial charge >= 0.3 is 0 Å². The summed E-state index contributed by atoms with van der Waals surface area (Å²) in [7, 11) is 0. The van der Waals surface area contributed by atoms with Crippen molar-refractivity contribution in [2.45, 2.75) is 0 Å². The third-order valence-corrected chi connectivity index (χ3v) is 12.3. The smallest absolute Gasteiger partial charge is 0.0541 e. The summed E-state index contributed by atoms with van der Waals surface area (Å²) in [6, 6.07) is 85.9. The molecule has 0 fully saturated rings. The fraction of sp³-hybridized carbons (Fsp3) is 0. The minimum atomic E-state index is 1.09. The molecule has 0 atom stereocenters. The largest absolute Gasteiger partial charge is 0.310 e. The normalized spacial score (nSPS) is 11.6. The van der Waals surface area contributed by atoms with Crippen molar-refractivity contribution >= 4 is 71.4 Å². The molecule has 0 unspecified atom stereocenters. The second kappa shape index (κ2) is 14.3. The third kappa shape index (κ3) is 5.74. The minimum Gasteiger partial charge on any atom is -0.310 e. The first-order valence-electron chi connectivity index (χ1n) is 20.9. The fourth-order valence-electron chi connectivity index (χ4n) is 9.54. The van der Waals surface area contributed by atoms with Crippen LogP contribution >= 0.6 is 0 Å². The van der Waals surface area contributed by atoms with Gasteiger partial charge in [-0.25, -0.2) is 0 Å². The lowest BCUT2D eigenvalue weighted by Gasteiger charge is -2.28. The zero-order valence-electron chi connectivity index (χ0n) is 33.4. The number of hydrogen-bond donors (Lipinski definition) is 0. The molecule has 0 saturated heterocycles. The van der Waals surface area contributed by atoms with Crippen LogP contribution in [0.3, 0.4) is 0 Å². The van der Waals surface area contributed by atoms with Gasteiger partial charge < -0.3 is 14.0 Å². The van der Waals surface area contributed by atoms with Gasteiger partial charge in [0.05, 0.1) is 27.8 Å². The van der Waals surface area contributed by atoms with Crippen molar-refractivity contribution in [1.82, 2.24) is 9.13 Å². The molecule has 286 valence electrons. The Hall–Kier alpha value is -8.14. The lowest BCUT2D eigenvalue weighted by Crippen LogP contribution is -2.11. The topological polar surface area (TPSA) is 13.1 Å². The average Bonchev–Trinajstić information content (AvgIpc) is 3.85. The Labute approximate surface area is 354 Å². The van der Waals surface area contributed by atoms with E-state index in [4.69, 9.17) is 0 Å². The molecule has 61 heavy (non-hydrogen) atoms. The zero-order valence-corrected chi connectivity index (χ0v) is 33.4. The Bertz CT molecular complexity index is 3510. The maximum atomic E-state index is 2.41. The highest BCUT2D eigenvalue weighted by molar-refractivity contribution is 6.13. The lowest BCUT2D eigenvalue weighted by atomic mass is 9.95. The van der Waals surface area contributed by atoms with Crippen LogP contribution in [0.2, 0.25) is 0 Å². The molecule has 12 aromatic rings. The summed E-state index contributed by atoms with van der Waals surface area (Å²) >= 11 is 0. The van der Waals surface area contributed by atoms with E-state index in [0.29, 0.717) is 0 Å². The summed E-state index contributed by atoms with van der Waals surface area (Å²) in [5.74, 6) is 0. The molecule has 3 heteroatoms. The molecule has 0 saturated carbocycles. The van der Waals surface area contributed by atoms with Crippen molar-refractivity contribution in [2.75, 3.05) is 4.90 Å². The van der Waals surface area contributed by atoms with Gasteiger partial charge in [-0.15, -0.1) is 0 Å². The van der Waals surface area contributed by atoms with Crippen LogP contribution in [0.15, 0.2) is 237 Å². The summed E-state index contributed by atoms with van der Waals surface area (Å²) in [6.07, 6.45) is 0. The molecule has 0 N–H and O–H groups in total. The molecule has 10 aromatic carbocycles. The molecule has 0 aliphatic heterocycles. The van der Waals surface area contributed by atoms with Crippen LogP contribution < -0.4 is 4.90 Å². The van der Waals surface area contributed by atoms with Gasteiger partial charge in [0.1, 0.15) is 0 Å². The predicted molar refractivity (Wildman–Crippen MR) is 258 cm³/mol. The van der Waals surface area contributed by atoms with E-state index in [0.717, 1.165) is 28.4 Å². The van der Waals surface area contributed by atoms with E-state index in [1.165, 1.54) is 76.6 Å². The highest BCUT2D eigenvalue weighted by Gasteiger charge is 2.20. The van der Waals surface area contributed by atoms with Crippen LogP contribution in [0.1, 0.15) is 0 Å². The van der Waals surface area contributed by atoms with E-state index < -0.39 is 0 Å². The highest BCUT2D eigenvalue weighted by Crippen LogP contribution is 2.44. The number of para-hydroxylation sites is 4. The third-order valence-electron chi connectivity index (χ3n) is 12.3. The van der Waals surface area contributed by atoms with Gasteiger partial charge in [-0.05, 0) is 113 Å². The van der Waals surface area contributed by atoms with Gasteiger partial charge in [0.2, 0.25) is 0 Å². The number of nitrogens with zero attached hydrogens (tertiary/aromatic N) is 3. The molecule has 12 rings (SSSR count). The first kappa shape index (κ1) is 34.9. The summed E-state index contributed by atoms with van der Waals surface area (Å²) < 4.78 is 4.76. The van der Waals surface area contributed by atoms with E-state index in [1.807, 2.05) is 0 Å². The number of anilines is 3. The van der Waals surface area contributed by atoms with Crippen LogP contribution in [0.5, 0.6) is 0 Å². The molecule has 0 spiro atoms. The highest BCUT2D eigenvalue weighted by atomic mass is 15.1. The second-order valence-corrected chi connectivity index (χ2v) is 15.7. The van der Waals surface area contributed by atoms with Gasteiger partial charge in [-0.1, -0.05) is 152 Å². The molecule has 0 aliphatic rings. The number of rotatable bonds is 7. The quantitative estimate of drug-likeness (QED) is 0.157. The van der Waals surface area contributed by atoms with Crippen molar-refractivity contribution in [3.8, 4) is 33.6 Å². The monoisotopic (exact) mass is 777 g/mol. The summed E-state index contributed by atoms with van der Waals surface area (Å²) in [5, 5.41) is 7.40. The molecule has 0 bridgehead atoms. The van der Waals surface area contributed by atoms with Crippen molar-refractivity contribution in [2.24, 2.45) is 0 Å². The Morgan fingerprint density at radius 3 is 1.30 bits per heavy atom. The van der Waals surface area contributed by atoms with Crippen LogP contribution in [0.25, 0.3) is 88.0 Å². The van der Waals surface area contributed by atoms with Gasteiger partial charge in [0.25, 0.3) is 0 Å². The second-order valence-electron chi connectivity index (χ2n) is 15.7. The number of aromatic nitrogens is 2. The predicted octanol–water partition coefficient (Wildman–Crippen LogP) is 15.8. The molecular weight excluding hydrogens is 739 g/mol. The molecular formula is C58H39N3. The van der Waals surface area contributed by atoms with Crippen molar-refractivity contribution < 1.29 is 0 Å². The Balaban J connectivity index is 1.02. The van der Waals surface area contributed by atoms with Crippen molar-refractivity contribution in [1.29, 1.82) is 0 Å². The summed E-state index contributed by atoms with van der Waals surface area (Å²) in [6.45, 7) is 0. The minimum absolute atomic E-state index is 1.09. The van der Waals surface area contributed by atoms with E-state index in [1.54, 1.807) is 0 Å². The molecule has 0 amide bonds. The average molecular weight is 778 g/mol.